The third kappa shape index (κ3) is 3.26. The molecular weight excluding hydrogens is 188 g/mol. The lowest BCUT2D eigenvalue weighted by Crippen LogP contribution is -2.06. The van der Waals surface area contributed by atoms with Crippen LogP contribution in [0.4, 0.5) is 6.01 Å². The third-order valence-electron chi connectivity index (χ3n) is 1.43. The molecule has 0 aromatic carbocycles. The van der Waals surface area contributed by atoms with Crippen molar-refractivity contribution in [1.29, 1.82) is 0 Å². The Morgan fingerprint density at radius 3 is 2.93 bits per heavy atom. The van der Waals surface area contributed by atoms with Crippen LogP contribution in [0.1, 0.15) is 19.0 Å². The van der Waals surface area contributed by atoms with Crippen LogP contribution < -0.4 is 5.32 Å². The maximum Gasteiger partial charge on any atom is 0.303 e. The van der Waals surface area contributed by atoms with Gasteiger partial charge in [-0.3, -0.25) is 14.9 Å². The molecule has 1 heterocycles. The zero-order chi connectivity index (χ0) is 10.6. The number of carboxylic acids is 1. The number of aryl methyl sites for hydroxylation is 1. The van der Waals surface area contributed by atoms with Gasteiger partial charge in [-0.1, -0.05) is 0 Å². The Morgan fingerprint density at radius 2 is 2.36 bits per heavy atom. The number of oxazole rings is 1. The van der Waals surface area contributed by atoms with Gasteiger partial charge in [-0.25, -0.2) is 0 Å². The molecule has 6 nitrogen and oxygen atoms in total. The predicted molar refractivity (Wildman–Crippen MR) is 46.8 cm³/mol. The first-order valence-electron chi connectivity index (χ1n) is 4.01. The molecular formula is C8H10N2O4. The number of carbonyl (C=O) groups is 2. The predicted octanol–water partition coefficient (Wildman–Crippen LogP) is 0.650. The van der Waals surface area contributed by atoms with E-state index in [1.807, 2.05) is 0 Å². The zero-order valence-corrected chi connectivity index (χ0v) is 7.61. The van der Waals surface area contributed by atoms with E-state index in [0.717, 1.165) is 0 Å². The molecule has 0 aliphatic heterocycles. The Labute approximate surface area is 79.9 Å². The van der Waals surface area contributed by atoms with Crippen LogP contribution in [0, 0.1) is 0 Å². The monoisotopic (exact) mass is 198 g/mol. The quantitative estimate of drug-likeness (QED) is 0.740. The first kappa shape index (κ1) is 10.2. The SMILES string of the molecule is CC(=O)Nc1nc(CCC(=O)O)co1. The lowest BCUT2D eigenvalue weighted by molar-refractivity contribution is -0.137. The average molecular weight is 198 g/mol. The molecule has 0 spiro atoms. The van der Waals surface area contributed by atoms with E-state index in [1.165, 1.54) is 13.2 Å². The first-order valence-corrected chi connectivity index (χ1v) is 4.01. The number of hydrogen-bond acceptors (Lipinski definition) is 4. The molecule has 0 bridgehead atoms. The van der Waals surface area contributed by atoms with Crippen molar-refractivity contribution in [2.24, 2.45) is 0 Å². The summed E-state index contributed by atoms with van der Waals surface area (Å²) in [7, 11) is 0. The van der Waals surface area contributed by atoms with Crippen molar-refractivity contribution in [3.05, 3.63) is 12.0 Å². The zero-order valence-electron chi connectivity index (χ0n) is 7.61. The second-order valence-electron chi connectivity index (χ2n) is 2.72. The Kier molecular flexibility index (Phi) is 3.22. The second-order valence-corrected chi connectivity index (χ2v) is 2.72. The molecule has 1 rings (SSSR count). The maximum absolute atomic E-state index is 10.6. The topological polar surface area (TPSA) is 92.4 Å². The minimum Gasteiger partial charge on any atom is -0.481 e. The number of nitrogens with one attached hydrogen (secondary N) is 1. The molecule has 14 heavy (non-hydrogen) atoms. The first-order chi connectivity index (χ1) is 6.58. The average Bonchev–Trinajstić information content (AvgIpc) is 2.47. The number of aliphatic carboxylic acids is 1. The van der Waals surface area contributed by atoms with Crippen molar-refractivity contribution >= 4 is 17.9 Å². The molecule has 0 saturated heterocycles. The number of rotatable bonds is 4. The van der Waals surface area contributed by atoms with Gasteiger partial charge in [0.2, 0.25) is 5.91 Å². The van der Waals surface area contributed by atoms with E-state index >= 15 is 0 Å². The van der Waals surface area contributed by atoms with Crippen LogP contribution in [0.5, 0.6) is 0 Å². The fraction of sp³-hybridized carbons (Fsp3) is 0.375. The van der Waals surface area contributed by atoms with Crippen molar-refractivity contribution in [2.75, 3.05) is 5.32 Å². The molecule has 0 radical (unpaired) electrons. The maximum atomic E-state index is 10.6. The van der Waals surface area contributed by atoms with Gasteiger partial charge in [0, 0.05) is 13.3 Å². The Morgan fingerprint density at radius 1 is 1.64 bits per heavy atom. The summed E-state index contributed by atoms with van der Waals surface area (Å²) in [4.78, 5) is 24.7. The number of nitrogens with zero attached hydrogens (tertiary/aromatic N) is 1. The molecule has 0 aliphatic carbocycles. The Hall–Kier alpha value is -1.85. The minimum absolute atomic E-state index is 0.00789. The van der Waals surface area contributed by atoms with Crippen LogP contribution in [0.3, 0.4) is 0 Å². The molecule has 0 saturated carbocycles. The van der Waals surface area contributed by atoms with E-state index in [1.54, 1.807) is 0 Å². The van der Waals surface area contributed by atoms with Gasteiger partial charge in [0.05, 0.1) is 12.1 Å². The molecule has 2 N–H and O–H groups in total. The van der Waals surface area contributed by atoms with Crippen molar-refractivity contribution in [3.8, 4) is 0 Å². The summed E-state index contributed by atoms with van der Waals surface area (Å²) in [5.74, 6) is -1.18. The van der Waals surface area contributed by atoms with Crippen LogP contribution in [-0.2, 0) is 16.0 Å². The normalized spacial score (nSPS) is 9.79. The Balaban J connectivity index is 2.50. The summed E-state index contributed by atoms with van der Waals surface area (Å²) in [5.41, 5.74) is 0.510. The van der Waals surface area contributed by atoms with Crippen LogP contribution in [-0.4, -0.2) is 22.0 Å². The lowest BCUT2D eigenvalue weighted by atomic mass is 10.2. The standard InChI is InChI=1S/C8H10N2O4/c1-5(11)9-8-10-6(4-14-8)2-3-7(12)13/h4H,2-3H2,1H3,(H,12,13)(H,9,10,11). The number of hydrogen-bond donors (Lipinski definition) is 2. The molecule has 0 atom stereocenters. The number of anilines is 1. The van der Waals surface area contributed by atoms with Crippen molar-refractivity contribution in [1.82, 2.24) is 4.98 Å². The van der Waals surface area contributed by atoms with Gasteiger partial charge < -0.3 is 9.52 Å². The molecule has 0 fully saturated rings. The van der Waals surface area contributed by atoms with E-state index in [0.29, 0.717) is 12.1 Å². The Bertz CT molecular complexity index is 345. The summed E-state index contributed by atoms with van der Waals surface area (Å²) in [6.07, 6.45) is 1.61. The van der Waals surface area contributed by atoms with Gasteiger partial charge in [-0.2, -0.15) is 4.98 Å². The van der Waals surface area contributed by atoms with E-state index < -0.39 is 5.97 Å². The smallest absolute Gasteiger partial charge is 0.303 e. The number of amides is 1. The molecule has 0 unspecified atom stereocenters. The highest BCUT2D eigenvalue weighted by Crippen LogP contribution is 2.08. The fourth-order valence-electron chi connectivity index (χ4n) is 0.865. The highest BCUT2D eigenvalue weighted by atomic mass is 16.4. The molecule has 1 amide bonds. The van der Waals surface area contributed by atoms with E-state index in [9.17, 15) is 9.59 Å². The van der Waals surface area contributed by atoms with Crippen LogP contribution in [0.15, 0.2) is 10.7 Å². The lowest BCUT2D eigenvalue weighted by Gasteiger charge is -1.91. The summed E-state index contributed by atoms with van der Waals surface area (Å²) in [6.45, 7) is 1.33. The minimum atomic E-state index is -0.894. The van der Waals surface area contributed by atoms with Gasteiger partial charge in [-0.05, 0) is 0 Å². The highest BCUT2D eigenvalue weighted by Gasteiger charge is 2.06. The summed E-state index contributed by atoms with van der Waals surface area (Å²) in [6, 6.07) is 0.0953. The summed E-state index contributed by atoms with van der Waals surface area (Å²) in [5, 5.41) is 10.7. The van der Waals surface area contributed by atoms with Crippen molar-refractivity contribution in [2.45, 2.75) is 19.8 Å². The third-order valence-corrected chi connectivity index (χ3v) is 1.43. The second kappa shape index (κ2) is 4.40. The van der Waals surface area contributed by atoms with Crippen LogP contribution >= 0.6 is 0 Å². The van der Waals surface area contributed by atoms with Crippen molar-refractivity contribution in [3.63, 3.8) is 0 Å². The fourth-order valence-corrected chi connectivity index (χ4v) is 0.865. The van der Waals surface area contributed by atoms with E-state index in [-0.39, 0.29) is 18.3 Å². The molecule has 1 aromatic rings. The van der Waals surface area contributed by atoms with Gasteiger partial charge >= 0.3 is 12.0 Å². The molecule has 6 heteroatoms. The van der Waals surface area contributed by atoms with E-state index in [4.69, 9.17) is 9.52 Å². The molecule has 76 valence electrons. The van der Waals surface area contributed by atoms with Gasteiger partial charge in [-0.15, -0.1) is 0 Å². The van der Waals surface area contributed by atoms with Crippen molar-refractivity contribution < 1.29 is 19.1 Å². The van der Waals surface area contributed by atoms with E-state index in [2.05, 4.69) is 10.3 Å². The molecule has 1 aromatic heterocycles. The number of carbonyl (C=O) groups excluding carboxylic acids is 1. The largest absolute Gasteiger partial charge is 0.481 e. The van der Waals surface area contributed by atoms with Gasteiger partial charge in [0.25, 0.3) is 0 Å². The van der Waals surface area contributed by atoms with Gasteiger partial charge in [0.15, 0.2) is 0 Å². The highest BCUT2D eigenvalue weighted by molar-refractivity contribution is 5.86. The van der Waals surface area contributed by atoms with Gasteiger partial charge in [0.1, 0.15) is 6.26 Å². The van der Waals surface area contributed by atoms with Crippen LogP contribution in [0.25, 0.3) is 0 Å². The number of carboxylic acid groups (broad SMARTS) is 1. The number of aromatic nitrogens is 1. The summed E-state index contributed by atoms with van der Waals surface area (Å²) >= 11 is 0. The van der Waals surface area contributed by atoms with Crippen LogP contribution in [0.2, 0.25) is 0 Å². The molecule has 0 aliphatic rings. The summed E-state index contributed by atoms with van der Waals surface area (Å²) < 4.78 is 4.87.